The molecule has 5 atom stereocenters. The number of aliphatic hydroxyl groups is 4. The van der Waals surface area contributed by atoms with Crippen molar-refractivity contribution in [3.05, 3.63) is 70.8 Å². The summed E-state index contributed by atoms with van der Waals surface area (Å²) in [5.74, 6) is -3.27. The molecule has 1 fully saturated rings. The van der Waals surface area contributed by atoms with Crippen LogP contribution in [0.25, 0.3) is 0 Å². The van der Waals surface area contributed by atoms with Gasteiger partial charge in [0.2, 0.25) is 0 Å². The smallest absolute Gasteiger partial charge is 0.298 e. The minimum atomic E-state index is -3.27. The Labute approximate surface area is 161 Å². The Morgan fingerprint density at radius 1 is 0.929 bits per heavy atom. The first-order valence-corrected chi connectivity index (χ1v) is 9.17. The Bertz CT molecular complexity index is 794. The molecule has 0 saturated carbocycles. The number of aliphatic hydroxyl groups excluding tert-OH is 4. The molecule has 0 spiro atoms. The summed E-state index contributed by atoms with van der Waals surface area (Å²) in [4.78, 5) is 0. The molecule has 1 aliphatic rings. The van der Waals surface area contributed by atoms with E-state index in [0.717, 1.165) is 12.0 Å². The molecule has 1 aliphatic heterocycles. The average molecular weight is 394 g/mol. The van der Waals surface area contributed by atoms with Crippen LogP contribution in [-0.2, 0) is 17.1 Å². The van der Waals surface area contributed by atoms with Crippen molar-refractivity contribution in [2.75, 3.05) is 6.61 Å². The second-order valence-corrected chi connectivity index (χ2v) is 7.00. The maximum atomic E-state index is 15.0. The quantitative estimate of drug-likeness (QED) is 0.622. The van der Waals surface area contributed by atoms with Gasteiger partial charge in [-0.05, 0) is 23.6 Å². The zero-order valence-corrected chi connectivity index (χ0v) is 15.4. The summed E-state index contributed by atoms with van der Waals surface area (Å²) >= 11 is 0. The third-order valence-electron chi connectivity index (χ3n) is 5.19. The lowest BCUT2D eigenvalue weighted by Gasteiger charge is -2.40. The van der Waals surface area contributed by atoms with Gasteiger partial charge in [-0.15, -0.1) is 0 Å². The summed E-state index contributed by atoms with van der Waals surface area (Å²) in [6.07, 6.45) is -6.11. The monoisotopic (exact) mass is 394 g/mol. The molecule has 1 heterocycles. The van der Waals surface area contributed by atoms with Gasteiger partial charge in [-0.2, -0.15) is 8.78 Å². The van der Waals surface area contributed by atoms with E-state index >= 15 is 8.78 Å². The van der Waals surface area contributed by atoms with Crippen molar-refractivity contribution < 1.29 is 33.9 Å². The van der Waals surface area contributed by atoms with Crippen molar-refractivity contribution in [3.63, 3.8) is 0 Å². The maximum Gasteiger partial charge on any atom is 0.298 e. The van der Waals surface area contributed by atoms with E-state index in [1.54, 1.807) is 12.1 Å². The zero-order valence-electron chi connectivity index (χ0n) is 15.4. The molecule has 2 aromatic rings. The van der Waals surface area contributed by atoms with Gasteiger partial charge in [0.25, 0.3) is 5.92 Å². The Balaban J connectivity index is 1.92. The van der Waals surface area contributed by atoms with Crippen LogP contribution in [-0.4, -0.2) is 51.4 Å². The van der Waals surface area contributed by atoms with Gasteiger partial charge in [-0.25, -0.2) is 0 Å². The van der Waals surface area contributed by atoms with Crippen LogP contribution in [0.4, 0.5) is 8.78 Å². The van der Waals surface area contributed by atoms with Crippen molar-refractivity contribution in [1.29, 1.82) is 0 Å². The number of aryl methyl sites for hydroxylation is 1. The Morgan fingerprint density at radius 3 is 2.21 bits per heavy atom. The first-order valence-electron chi connectivity index (χ1n) is 9.17. The highest BCUT2D eigenvalue weighted by molar-refractivity contribution is 5.38. The summed E-state index contributed by atoms with van der Waals surface area (Å²) < 4.78 is 35.5. The number of benzene rings is 2. The van der Waals surface area contributed by atoms with Crippen molar-refractivity contribution >= 4 is 0 Å². The van der Waals surface area contributed by atoms with Gasteiger partial charge in [0.1, 0.15) is 30.5 Å². The lowest BCUT2D eigenvalue weighted by Crippen LogP contribution is -2.55. The van der Waals surface area contributed by atoms with Crippen LogP contribution in [0.15, 0.2) is 48.5 Å². The van der Waals surface area contributed by atoms with Crippen molar-refractivity contribution in [2.45, 2.75) is 49.8 Å². The molecule has 0 bridgehead atoms. The van der Waals surface area contributed by atoms with Crippen LogP contribution >= 0.6 is 0 Å². The molecule has 7 heteroatoms. The van der Waals surface area contributed by atoms with Gasteiger partial charge in [0.15, 0.2) is 0 Å². The fraction of sp³-hybridized carbons (Fsp3) is 0.429. The molecule has 3 rings (SSSR count). The summed E-state index contributed by atoms with van der Waals surface area (Å²) in [6, 6.07) is 11.5. The van der Waals surface area contributed by atoms with Gasteiger partial charge < -0.3 is 25.2 Å². The van der Waals surface area contributed by atoms with Crippen molar-refractivity contribution in [2.24, 2.45) is 0 Å². The fourth-order valence-electron chi connectivity index (χ4n) is 3.40. The van der Waals surface area contributed by atoms with Crippen LogP contribution in [0, 0.1) is 0 Å². The SMILES string of the molecule is CCc1ccc(C(F)(F)c2cccc([C@@H]3O[C@H](CO)[C@@H](O)[C@H](O)[C@H]3O)c2)cc1. The molecule has 2 aromatic carbocycles. The topological polar surface area (TPSA) is 90.2 Å². The van der Waals surface area contributed by atoms with Crippen LogP contribution in [0.5, 0.6) is 0 Å². The summed E-state index contributed by atoms with van der Waals surface area (Å²) in [5.41, 5.74) is 0.732. The third-order valence-corrected chi connectivity index (χ3v) is 5.19. The molecule has 0 amide bonds. The van der Waals surface area contributed by atoms with E-state index in [-0.39, 0.29) is 16.7 Å². The molecule has 0 unspecified atom stereocenters. The highest BCUT2D eigenvalue weighted by Gasteiger charge is 2.44. The zero-order chi connectivity index (χ0) is 20.5. The summed E-state index contributed by atoms with van der Waals surface area (Å²) in [5, 5.41) is 39.4. The molecule has 1 saturated heterocycles. The maximum absolute atomic E-state index is 15.0. The molecule has 0 aromatic heterocycles. The number of halogens is 2. The number of hydrogen-bond acceptors (Lipinski definition) is 5. The first kappa shape index (κ1) is 20.8. The summed E-state index contributed by atoms with van der Waals surface area (Å²) in [6.45, 7) is 1.36. The van der Waals surface area contributed by atoms with Crippen LogP contribution in [0.2, 0.25) is 0 Å². The lowest BCUT2D eigenvalue weighted by atomic mass is 9.89. The Kier molecular flexibility index (Phi) is 6.12. The number of hydrogen-bond donors (Lipinski definition) is 4. The first-order chi connectivity index (χ1) is 13.3. The molecule has 5 nitrogen and oxygen atoms in total. The Morgan fingerprint density at radius 2 is 1.61 bits per heavy atom. The van der Waals surface area contributed by atoms with E-state index in [1.165, 1.54) is 36.4 Å². The van der Waals surface area contributed by atoms with Crippen LogP contribution in [0.3, 0.4) is 0 Å². The lowest BCUT2D eigenvalue weighted by molar-refractivity contribution is -0.231. The van der Waals surface area contributed by atoms with Crippen molar-refractivity contribution in [1.82, 2.24) is 0 Å². The third kappa shape index (κ3) is 3.81. The fourth-order valence-corrected chi connectivity index (χ4v) is 3.40. The van der Waals surface area contributed by atoms with Gasteiger partial charge in [-0.1, -0.05) is 49.4 Å². The number of alkyl halides is 2. The molecule has 152 valence electrons. The molecule has 4 N–H and O–H groups in total. The molecule has 28 heavy (non-hydrogen) atoms. The van der Waals surface area contributed by atoms with Gasteiger partial charge >= 0.3 is 0 Å². The highest BCUT2D eigenvalue weighted by Crippen LogP contribution is 2.39. The van der Waals surface area contributed by atoms with E-state index in [1.807, 2.05) is 6.92 Å². The second kappa shape index (κ2) is 8.23. The van der Waals surface area contributed by atoms with Gasteiger partial charge in [0, 0.05) is 11.1 Å². The average Bonchev–Trinajstić information content (AvgIpc) is 2.72. The van der Waals surface area contributed by atoms with Crippen molar-refractivity contribution in [3.8, 4) is 0 Å². The highest BCUT2D eigenvalue weighted by atomic mass is 19.3. The minimum Gasteiger partial charge on any atom is -0.394 e. The van der Waals surface area contributed by atoms with E-state index in [4.69, 9.17) is 4.74 Å². The van der Waals surface area contributed by atoms with Crippen LogP contribution in [0.1, 0.15) is 35.3 Å². The van der Waals surface area contributed by atoms with E-state index in [0.29, 0.717) is 0 Å². The normalized spacial score (nSPS) is 28.3. The predicted octanol–water partition coefficient (Wildman–Crippen LogP) is 1.90. The van der Waals surface area contributed by atoms with E-state index in [9.17, 15) is 20.4 Å². The second-order valence-electron chi connectivity index (χ2n) is 7.00. The molecular weight excluding hydrogens is 370 g/mol. The van der Waals surface area contributed by atoms with Gasteiger partial charge in [-0.3, -0.25) is 0 Å². The van der Waals surface area contributed by atoms with Gasteiger partial charge in [0.05, 0.1) is 6.61 Å². The summed E-state index contributed by atoms with van der Waals surface area (Å²) in [7, 11) is 0. The number of rotatable bonds is 5. The minimum absolute atomic E-state index is 0.157. The van der Waals surface area contributed by atoms with Crippen LogP contribution < -0.4 is 0 Å². The Hall–Kier alpha value is -1.90. The standard InChI is InChI=1S/C21H24F2O5/c1-2-12-6-8-14(9-7-12)21(22,23)15-5-3-4-13(10-15)20-19(27)18(26)17(25)16(11-24)28-20/h3-10,16-20,24-27H,2,11H2,1H3/t16-,17-,18+,19-,20+/m1/s1. The molecular formula is C21H24F2O5. The largest absolute Gasteiger partial charge is 0.394 e. The molecule has 0 aliphatic carbocycles. The van der Waals surface area contributed by atoms with E-state index < -0.39 is 43.0 Å². The number of ether oxygens (including phenoxy) is 1. The predicted molar refractivity (Wildman–Crippen MR) is 98.0 cm³/mol. The van der Waals surface area contributed by atoms with E-state index in [2.05, 4.69) is 0 Å². The molecule has 0 radical (unpaired) electrons.